The maximum atomic E-state index is 14.2. The Morgan fingerprint density at radius 2 is 1.79 bits per heavy atom. The Balaban J connectivity index is 2.02. The van der Waals surface area contributed by atoms with Gasteiger partial charge in [-0.1, -0.05) is 34.6 Å². The van der Waals surface area contributed by atoms with Gasteiger partial charge >= 0.3 is 0 Å². The summed E-state index contributed by atoms with van der Waals surface area (Å²) in [7, 11) is 1.68. The number of carbonyl (C=O) groups excluding carboxylic acids is 1. The van der Waals surface area contributed by atoms with E-state index in [0.29, 0.717) is 19.4 Å². The normalized spacial score (nSPS) is 54.1. The zero-order valence-corrected chi connectivity index (χ0v) is 19.2. The minimum absolute atomic E-state index is 0.0347. The van der Waals surface area contributed by atoms with Crippen molar-refractivity contribution < 1.29 is 24.5 Å². The molecule has 2 N–H and O–H groups in total. The van der Waals surface area contributed by atoms with Gasteiger partial charge in [0.15, 0.2) is 0 Å². The van der Waals surface area contributed by atoms with Crippen LogP contribution in [0.25, 0.3) is 0 Å². The Morgan fingerprint density at radius 1 is 1.17 bits per heavy atom. The average Bonchev–Trinajstić information content (AvgIpc) is 2.63. The van der Waals surface area contributed by atoms with Crippen LogP contribution < -0.4 is 0 Å². The molecule has 0 aromatic carbocycles. The first-order valence-electron chi connectivity index (χ1n) is 11.1. The molecule has 1 saturated heterocycles. The number of fused-ring (bicyclic) bond motifs is 5. The summed E-state index contributed by atoms with van der Waals surface area (Å²) in [6.07, 6.45) is 0.0527. The van der Waals surface area contributed by atoms with Crippen LogP contribution in [0.3, 0.4) is 0 Å². The van der Waals surface area contributed by atoms with Gasteiger partial charge in [-0.3, -0.25) is 4.79 Å². The van der Waals surface area contributed by atoms with Gasteiger partial charge < -0.3 is 19.7 Å². The van der Waals surface area contributed by atoms with Crippen molar-refractivity contribution in [3.63, 3.8) is 0 Å². The smallest absolute Gasteiger partial charge is 0.148 e. The lowest BCUT2D eigenvalue weighted by Crippen LogP contribution is -2.74. The maximum Gasteiger partial charge on any atom is 0.148 e. The predicted molar refractivity (Wildman–Crippen MR) is 110 cm³/mol. The lowest BCUT2D eigenvalue weighted by atomic mass is 9.40. The second-order valence-corrected chi connectivity index (χ2v) is 11.3. The van der Waals surface area contributed by atoms with Gasteiger partial charge in [0.05, 0.1) is 35.9 Å². The molecular formula is C24H38O5. The van der Waals surface area contributed by atoms with Crippen LogP contribution >= 0.6 is 0 Å². The van der Waals surface area contributed by atoms with E-state index in [4.69, 9.17) is 9.47 Å². The van der Waals surface area contributed by atoms with E-state index in [2.05, 4.69) is 20.8 Å². The van der Waals surface area contributed by atoms with Crippen LogP contribution in [-0.2, 0) is 14.3 Å². The number of hydrogen-bond donors (Lipinski definition) is 2. The summed E-state index contributed by atoms with van der Waals surface area (Å²) >= 11 is 0. The zero-order valence-electron chi connectivity index (χ0n) is 19.2. The molecule has 164 valence electrons. The Hall–Kier alpha value is -0.750. The summed E-state index contributed by atoms with van der Waals surface area (Å²) in [6.45, 7) is 14.9. The van der Waals surface area contributed by atoms with E-state index in [1.807, 2.05) is 27.7 Å². The third-order valence-corrected chi connectivity index (χ3v) is 9.86. The van der Waals surface area contributed by atoms with Gasteiger partial charge in [-0.2, -0.15) is 0 Å². The lowest BCUT2D eigenvalue weighted by Gasteiger charge is -2.69. The van der Waals surface area contributed by atoms with Crippen LogP contribution in [0.1, 0.15) is 61.3 Å². The maximum absolute atomic E-state index is 14.2. The summed E-state index contributed by atoms with van der Waals surface area (Å²) in [5.74, 6) is -0.512. The molecule has 0 spiro atoms. The lowest BCUT2D eigenvalue weighted by molar-refractivity contribution is -0.303. The van der Waals surface area contributed by atoms with E-state index in [-0.39, 0.29) is 41.2 Å². The van der Waals surface area contributed by atoms with Crippen LogP contribution in [0, 0.1) is 34.0 Å². The Morgan fingerprint density at radius 3 is 2.31 bits per heavy atom. The van der Waals surface area contributed by atoms with Crippen molar-refractivity contribution in [1.82, 2.24) is 0 Å². The molecule has 5 nitrogen and oxygen atoms in total. The third kappa shape index (κ3) is 2.28. The van der Waals surface area contributed by atoms with E-state index in [9.17, 15) is 15.0 Å². The van der Waals surface area contributed by atoms with Crippen molar-refractivity contribution in [2.45, 2.75) is 85.2 Å². The average molecular weight is 407 g/mol. The Kier molecular flexibility index (Phi) is 4.56. The summed E-state index contributed by atoms with van der Waals surface area (Å²) in [4.78, 5) is 14.2. The van der Waals surface area contributed by atoms with Gasteiger partial charge in [0, 0.05) is 36.7 Å². The van der Waals surface area contributed by atoms with E-state index in [1.165, 1.54) is 0 Å². The molecule has 0 amide bonds. The molecule has 2 unspecified atom stereocenters. The molecule has 5 heteroatoms. The van der Waals surface area contributed by atoms with Crippen LogP contribution in [0.2, 0.25) is 0 Å². The topological polar surface area (TPSA) is 76.0 Å². The highest BCUT2D eigenvalue weighted by molar-refractivity contribution is 5.91. The minimum Gasteiger partial charge on any atom is -0.389 e. The number of ketones is 1. The van der Waals surface area contributed by atoms with Crippen molar-refractivity contribution >= 4 is 5.78 Å². The van der Waals surface area contributed by atoms with Gasteiger partial charge in [0.1, 0.15) is 5.78 Å². The van der Waals surface area contributed by atoms with Crippen LogP contribution in [-0.4, -0.2) is 53.6 Å². The molecule has 1 aliphatic heterocycles. The van der Waals surface area contributed by atoms with Gasteiger partial charge in [-0.25, -0.2) is 0 Å². The van der Waals surface area contributed by atoms with Crippen molar-refractivity contribution in [1.29, 1.82) is 0 Å². The number of Topliss-reactive ketones (excluding diaryl/α,β-unsaturated/α-hetero) is 1. The first-order chi connectivity index (χ1) is 13.3. The van der Waals surface area contributed by atoms with E-state index in [0.717, 1.165) is 11.1 Å². The quantitative estimate of drug-likeness (QED) is 0.655. The van der Waals surface area contributed by atoms with Crippen LogP contribution in [0.15, 0.2) is 11.1 Å². The van der Waals surface area contributed by atoms with Crippen LogP contribution in [0.4, 0.5) is 0 Å². The number of rotatable bonds is 1. The fourth-order valence-corrected chi connectivity index (χ4v) is 8.28. The SMILES string of the molecule is CO[C@H]1C[C@H]2OC[C@@]2(C)C2C(C)[C@]3(O)C[C@H](O)C(C)=C([C@@H](C)C(=O)[C@@]21C)C3(C)C. The fourth-order valence-electron chi connectivity index (χ4n) is 8.28. The summed E-state index contributed by atoms with van der Waals surface area (Å²) in [5, 5.41) is 23.2. The molecular weight excluding hydrogens is 368 g/mol. The summed E-state index contributed by atoms with van der Waals surface area (Å²) in [6, 6.07) is 0. The molecule has 1 heterocycles. The van der Waals surface area contributed by atoms with Crippen molar-refractivity contribution in [2.75, 3.05) is 13.7 Å². The Bertz CT molecular complexity index is 771. The monoisotopic (exact) mass is 406 g/mol. The minimum atomic E-state index is -1.12. The molecule has 0 radical (unpaired) electrons. The highest BCUT2D eigenvalue weighted by atomic mass is 16.5. The largest absolute Gasteiger partial charge is 0.389 e. The van der Waals surface area contributed by atoms with E-state index >= 15 is 0 Å². The summed E-state index contributed by atoms with van der Waals surface area (Å²) < 4.78 is 11.9. The molecule has 4 aliphatic rings. The molecule has 0 aromatic rings. The number of methoxy groups -OCH3 is 1. The van der Waals surface area contributed by atoms with Crippen LogP contribution in [0.5, 0.6) is 0 Å². The number of aliphatic hydroxyl groups is 2. The zero-order chi connectivity index (χ0) is 21.7. The molecule has 4 rings (SSSR count). The highest BCUT2D eigenvalue weighted by Gasteiger charge is 2.72. The van der Waals surface area contributed by atoms with Gasteiger partial charge in [-0.05, 0) is 36.8 Å². The molecule has 29 heavy (non-hydrogen) atoms. The summed E-state index contributed by atoms with van der Waals surface area (Å²) in [5.41, 5.74) is -0.897. The molecule has 2 bridgehead atoms. The second kappa shape index (κ2) is 6.15. The first-order valence-corrected chi connectivity index (χ1v) is 11.1. The predicted octanol–water partition coefficient (Wildman–Crippen LogP) is 3.13. The number of hydrogen-bond acceptors (Lipinski definition) is 5. The highest BCUT2D eigenvalue weighted by Crippen LogP contribution is 2.67. The van der Waals surface area contributed by atoms with E-state index in [1.54, 1.807) is 7.11 Å². The molecule has 9 atom stereocenters. The molecule has 3 fully saturated rings. The van der Waals surface area contributed by atoms with Gasteiger partial charge in [-0.15, -0.1) is 0 Å². The number of aliphatic hydroxyl groups excluding tert-OH is 1. The number of ether oxygens (including phenoxy) is 2. The fraction of sp³-hybridized carbons (Fsp3) is 0.875. The Labute approximate surface area is 174 Å². The first kappa shape index (κ1) is 21.5. The number of carbonyl (C=O) groups is 1. The van der Waals surface area contributed by atoms with Crippen molar-refractivity contribution in [3.05, 3.63) is 11.1 Å². The van der Waals surface area contributed by atoms with E-state index < -0.39 is 22.5 Å². The van der Waals surface area contributed by atoms with Gasteiger partial charge in [0.2, 0.25) is 0 Å². The third-order valence-electron chi connectivity index (χ3n) is 9.86. The second-order valence-electron chi connectivity index (χ2n) is 11.3. The molecule has 0 aromatic heterocycles. The molecule has 3 aliphatic carbocycles. The van der Waals surface area contributed by atoms with Crippen molar-refractivity contribution in [2.24, 2.45) is 34.0 Å². The molecule has 2 saturated carbocycles. The van der Waals surface area contributed by atoms with Gasteiger partial charge in [0.25, 0.3) is 0 Å². The van der Waals surface area contributed by atoms with Crippen molar-refractivity contribution in [3.8, 4) is 0 Å². The standard InChI is InChI=1S/C24H38O5/c1-12-15(25)10-24(27)14(3)19-22(6)11-29-16(22)9-17(28-8)23(19,7)20(26)13(2)18(12)21(24,4)5/h13-17,19,25,27H,9-11H2,1-8H3/t13-,14?,15+,16-,17+,19?,22-,23-,24-/m1/s1.